The summed E-state index contributed by atoms with van der Waals surface area (Å²) in [7, 11) is 0. The monoisotopic (exact) mass is 387 g/mol. The highest BCUT2D eigenvalue weighted by atomic mass is 19.1. The number of hydrogen-bond acceptors (Lipinski definition) is 5. The summed E-state index contributed by atoms with van der Waals surface area (Å²) < 4.78 is 19.3. The van der Waals surface area contributed by atoms with Gasteiger partial charge in [-0.25, -0.2) is 9.18 Å². The van der Waals surface area contributed by atoms with Crippen molar-refractivity contribution in [2.24, 2.45) is 0 Å². The molecule has 1 heterocycles. The molecule has 2 aromatic rings. The maximum Gasteiger partial charge on any atom is 0.331 e. The number of rotatable bonds is 5. The van der Waals surface area contributed by atoms with Gasteiger partial charge in [0.15, 0.2) is 0 Å². The van der Waals surface area contributed by atoms with E-state index >= 15 is 0 Å². The minimum Gasteiger partial charge on any atom is -0.464 e. The predicted octanol–water partition coefficient (Wildman–Crippen LogP) is 2.37. The summed E-state index contributed by atoms with van der Waals surface area (Å²) in [5.41, 5.74) is -1.22. The second-order valence-corrected chi connectivity index (χ2v) is 6.76. The van der Waals surface area contributed by atoms with Gasteiger partial charge in [-0.1, -0.05) is 19.3 Å². The van der Waals surface area contributed by atoms with E-state index in [0.717, 1.165) is 23.9 Å². The predicted molar refractivity (Wildman–Crippen MR) is 99.7 cm³/mol. The zero-order chi connectivity index (χ0) is 20.1. The minimum absolute atomic E-state index is 0.0156. The SMILES string of the molecule is CCOC(=O)C1(NC(=O)c2ccc(=O)n(-c3ccc(F)cc3)n2)CCCCC1. The topological polar surface area (TPSA) is 90.3 Å². The normalized spacial score (nSPS) is 15.6. The number of benzene rings is 1. The first-order chi connectivity index (χ1) is 13.4. The Morgan fingerprint density at radius 1 is 1.14 bits per heavy atom. The van der Waals surface area contributed by atoms with Gasteiger partial charge in [0.25, 0.3) is 11.5 Å². The first-order valence-corrected chi connectivity index (χ1v) is 9.31. The summed E-state index contributed by atoms with van der Waals surface area (Å²) in [6.07, 6.45) is 3.60. The first-order valence-electron chi connectivity index (χ1n) is 9.31. The molecule has 1 aromatic heterocycles. The number of esters is 1. The number of ether oxygens (including phenoxy) is 1. The van der Waals surface area contributed by atoms with Crippen molar-refractivity contribution >= 4 is 11.9 Å². The average molecular weight is 387 g/mol. The Kier molecular flexibility index (Phi) is 5.87. The lowest BCUT2D eigenvalue weighted by Gasteiger charge is -2.35. The molecule has 0 atom stereocenters. The van der Waals surface area contributed by atoms with Crippen LogP contribution in [-0.2, 0) is 9.53 Å². The van der Waals surface area contributed by atoms with E-state index in [1.54, 1.807) is 6.92 Å². The molecule has 1 aromatic carbocycles. The molecular formula is C20H22FN3O4. The van der Waals surface area contributed by atoms with E-state index in [0.29, 0.717) is 18.5 Å². The molecule has 0 saturated heterocycles. The molecule has 1 saturated carbocycles. The van der Waals surface area contributed by atoms with Crippen molar-refractivity contribution in [1.29, 1.82) is 0 Å². The lowest BCUT2D eigenvalue weighted by Crippen LogP contribution is -2.56. The largest absolute Gasteiger partial charge is 0.464 e. The van der Waals surface area contributed by atoms with Crippen LogP contribution >= 0.6 is 0 Å². The van der Waals surface area contributed by atoms with Crippen LogP contribution in [-0.4, -0.2) is 33.8 Å². The van der Waals surface area contributed by atoms with E-state index in [2.05, 4.69) is 10.4 Å². The van der Waals surface area contributed by atoms with Crippen LogP contribution in [0.1, 0.15) is 49.5 Å². The smallest absolute Gasteiger partial charge is 0.331 e. The van der Waals surface area contributed by atoms with Crippen LogP contribution in [0.3, 0.4) is 0 Å². The molecule has 0 radical (unpaired) electrons. The van der Waals surface area contributed by atoms with E-state index in [9.17, 15) is 18.8 Å². The van der Waals surface area contributed by atoms with Gasteiger partial charge in [0.2, 0.25) is 0 Å². The van der Waals surface area contributed by atoms with Gasteiger partial charge < -0.3 is 10.1 Å². The first kappa shape index (κ1) is 19.7. The minimum atomic E-state index is -1.08. The van der Waals surface area contributed by atoms with Crippen molar-refractivity contribution in [1.82, 2.24) is 15.1 Å². The van der Waals surface area contributed by atoms with Gasteiger partial charge in [-0.15, -0.1) is 0 Å². The number of nitrogens with one attached hydrogen (secondary N) is 1. The Hall–Kier alpha value is -3.03. The molecule has 3 rings (SSSR count). The molecule has 28 heavy (non-hydrogen) atoms. The Bertz CT molecular complexity index is 918. The second-order valence-electron chi connectivity index (χ2n) is 6.76. The highest BCUT2D eigenvalue weighted by Gasteiger charge is 2.42. The molecule has 0 aliphatic heterocycles. The average Bonchev–Trinajstić information content (AvgIpc) is 2.70. The second kappa shape index (κ2) is 8.33. The van der Waals surface area contributed by atoms with Crippen molar-refractivity contribution in [2.75, 3.05) is 6.61 Å². The number of aromatic nitrogens is 2. The maximum atomic E-state index is 13.1. The molecule has 148 valence electrons. The summed E-state index contributed by atoms with van der Waals surface area (Å²) in [6.45, 7) is 1.94. The van der Waals surface area contributed by atoms with Gasteiger partial charge in [0, 0.05) is 6.07 Å². The van der Waals surface area contributed by atoms with Crippen LogP contribution in [0.4, 0.5) is 4.39 Å². The van der Waals surface area contributed by atoms with E-state index in [-0.39, 0.29) is 12.3 Å². The third-order valence-corrected chi connectivity index (χ3v) is 4.83. The molecule has 1 fully saturated rings. The van der Waals surface area contributed by atoms with E-state index in [1.165, 1.54) is 36.4 Å². The molecule has 1 aliphatic rings. The molecule has 7 nitrogen and oxygen atoms in total. The molecule has 1 N–H and O–H groups in total. The third kappa shape index (κ3) is 4.11. The fraction of sp³-hybridized carbons (Fsp3) is 0.400. The summed E-state index contributed by atoms with van der Waals surface area (Å²) >= 11 is 0. The van der Waals surface area contributed by atoms with Crippen LogP contribution in [0.25, 0.3) is 5.69 Å². The fourth-order valence-electron chi connectivity index (χ4n) is 3.39. The molecule has 1 aliphatic carbocycles. The summed E-state index contributed by atoms with van der Waals surface area (Å²) in [4.78, 5) is 37.5. The number of nitrogens with zero attached hydrogens (tertiary/aromatic N) is 2. The molecule has 8 heteroatoms. The van der Waals surface area contributed by atoms with Crippen molar-refractivity contribution in [2.45, 2.75) is 44.6 Å². The number of carbonyl (C=O) groups excluding carboxylic acids is 2. The Morgan fingerprint density at radius 3 is 2.46 bits per heavy atom. The van der Waals surface area contributed by atoms with Crippen LogP contribution in [0, 0.1) is 5.82 Å². The fourth-order valence-corrected chi connectivity index (χ4v) is 3.39. The van der Waals surface area contributed by atoms with Crippen LogP contribution in [0.5, 0.6) is 0 Å². The van der Waals surface area contributed by atoms with E-state index in [4.69, 9.17) is 4.74 Å². The zero-order valence-corrected chi connectivity index (χ0v) is 15.6. The van der Waals surface area contributed by atoms with Gasteiger partial charge >= 0.3 is 5.97 Å². The van der Waals surface area contributed by atoms with E-state index in [1.807, 2.05) is 0 Å². The Balaban J connectivity index is 1.89. The van der Waals surface area contributed by atoms with E-state index < -0.39 is 28.8 Å². The lowest BCUT2D eigenvalue weighted by atomic mass is 9.81. The molecule has 0 unspecified atom stereocenters. The number of carbonyl (C=O) groups is 2. The standard InChI is InChI=1S/C20H22FN3O4/c1-2-28-19(27)20(12-4-3-5-13-20)22-18(26)16-10-11-17(25)24(23-16)15-8-6-14(21)7-9-15/h6-11H,2-5,12-13H2,1H3,(H,22,26). The third-order valence-electron chi connectivity index (χ3n) is 4.83. The Morgan fingerprint density at radius 2 is 1.82 bits per heavy atom. The van der Waals surface area contributed by atoms with Gasteiger partial charge in [-0.3, -0.25) is 9.59 Å². The van der Waals surface area contributed by atoms with Gasteiger partial charge in [-0.05, 0) is 50.1 Å². The van der Waals surface area contributed by atoms with Crippen molar-refractivity contribution in [3.05, 3.63) is 58.3 Å². The highest BCUT2D eigenvalue weighted by molar-refractivity contribution is 5.96. The highest BCUT2D eigenvalue weighted by Crippen LogP contribution is 2.29. The summed E-state index contributed by atoms with van der Waals surface area (Å²) in [5.74, 6) is -1.46. The number of amides is 1. The molecule has 1 amide bonds. The zero-order valence-electron chi connectivity index (χ0n) is 15.6. The summed E-state index contributed by atoms with van der Waals surface area (Å²) in [5, 5.41) is 6.88. The lowest BCUT2D eigenvalue weighted by molar-refractivity contribution is -0.152. The Labute approximate surface area is 161 Å². The van der Waals surface area contributed by atoms with Gasteiger partial charge in [0.1, 0.15) is 17.1 Å². The van der Waals surface area contributed by atoms with Gasteiger partial charge in [0.05, 0.1) is 12.3 Å². The maximum absolute atomic E-state index is 13.1. The van der Waals surface area contributed by atoms with Gasteiger partial charge in [-0.2, -0.15) is 9.78 Å². The van der Waals surface area contributed by atoms with Crippen LogP contribution in [0.2, 0.25) is 0 Å². The number of halogens is 1. The van der Waals surface area contributed by atoms with Crippen LogP contribution in [0.15, 0.2) is 41.2 Å². The molecule has 0 spiro atoms. The quantitative estimate of drug-likeness (QED) is 0.796. The molecule has 0 bridgehead atoms. The molecular weight excluding hydrogens is 365 g/mol. The van der Waals surface area contributed by atoms with Crippen LogP contribution < -0.4 is 10.9 Å². The number of hydrogen-bond donors (Lipinski definition) is 1. The summed E-state index contributed by atoms with van der Waals surface area (Å²) in [6, 6.07) is 7.71. The van der Waals surface area contributed by atoms with Crippen molar-refractivity contribution in [3.63, 3.8) is 0 Å². The van der Waals surface area contributed by atoms with Crippen molar-refractivity contribution in [3.8, 4) is 5.69 Å². The van der Waals surface area contributed by atoms with Crippen molar-refractivity contribution < 1.29 is 18.7 Å².